The molecule has 1 amide bonds. The predicted octanol–water partition coefficient (Wildman–Crippen LogP) is 4.26. The van der Waals surface area contributed by atoms with E-state index in [1.807, 2.05) is 20.9 Å². The van der Waals surface area contributed by atoms with Crippen LogP contribution in [-0.4, -0.2) is 27.6 Å². The highest BCUT2D eigenvalue weighted by Gasteiger charge is 2.27. The van der Waals surface area contributed by atoms with Gasteiger partial charge in [-0.05, 0) is 38.0 Å². The quantitative estimate of drug-likeness (QED) is 0.772. The highest BCUT2D eigenvalue weighted by molar-refractivity contribution is 7.99. The summed E-state index contributed by atoms with van der Waals surface area (Å²) in [6, 6.07) is 6.51. The Hall–Kier alpha value is -1.96. The van der Waals surface area contributed by atoms with Crippen LogP contribution in [0.1, 0.15) is 23.4 Å². The van der Waals surface area contributed by atoms with Crippen LogP contribution in [0.25, 0.3) is 0 Å². The lowest BCUT2D eigenvalue weighted by molar-refractivity contribution is -0.116. The molecule has 8 heteroatoms. The van der Waals surface area contributed by atoms with E-state index in [2.05, 4.69) is 10.4 Å². The molecule has 0 atom stereocenters. The molecule has 1 aromatic carbocycles. The van der Waals surface area contributed by atoms with Crippen LogP contribution in [0.2, 0.25) is 0 Å². The topological polar surface area (TPSA) is 46.9 Å². The molecule has 0 spiro atoms. The zero-order valence-electron chi connectivity index (χ0n) is 14.3. The van der Waals surface area contributed by atoms with Crippen LogP contribution in [0.15, 0.2) is 29.2 Å². The van der Waals surface area contributed by atoms with Gasteiger partial charge in [0.2, 0.25) is 5.91 Å². The van der Waals surface area contributed by atoms with Gasteiger partial charge in [0.05, 0.1) is 17.1 Å². The Morgan fingerprint density at radius 1 is 1.28 bits per heavy atom. The molecule has 1 aromatic heterocycles. The Morgan fingerprint density at radius 3 is 2.56 bits per heavy atom. The number of alkyl halides is 3. The molecule has 0 aliphatic rings. The summed E-state index contributed by atoms with van der Waals surface area (Å²) in [4.78, 5) is 12.6. The van der Waals surface area contributed by atoms with Gasteiger partial charge in [0, 0.05) is 24.1 Å². The van der Waals surface area contributed by atoms with Crippen molar-refractivity contribution in [2.75, 3.05) is 11.1 Å². The second-order valence-corrected chi connectivity index (χ2v) is 6.74. The second kappa shape index (κ2) is 7.95. The Bertz CT molecular complexity index is 756. The van der Waals surface area contributed by atoms with Gasteiger partial charge in [0.15, 0.2) is 0 Å². The standard InChI is InChI=1S/C17H20F3N3OS/c1-11-13(12(2)23(3)22-11)8-9-16(24)21-14-6-4-5-7-15(14)25-10-17(18,19)20/h4-7H,8-10H2,1-3H3,(H,21,24). The number of rotatable bonds is 6. The summed E-state index contributed by atoms with van der Waals surface area (Å²) in [5, 5.41) is 7.02. The Labute approximate surface area is 148 Å². The van der Waals surface area contributed by atoms with Gasteiger partial charge >= 0.3 is 6.18 Å². The van der Waals surface area contributed by atoms with Gasteiger partial charge in [-0.25, -0.2) is 0 Å². The van der Waals surface area contributed by atoms with E-state index in [0.717, 1.165) is 17.0 Å². The highest BCUT2D eigenvalue weighted by atomic mass is 32.2. The first kappa shape index (κ1) is 19.4. The summed E-state index contributed by atoms with van der Waals surface area (Å²) in [6.07, 6.45) is -3.47. The number of carbonyl (C=O) groups excluding carboxylic acids is 1. The number of nitrogens with one attached hydrogen (secondary N) is 1. The Balaban J connectivity index is 1.98. The smallest absolute Gasteiger partial charge is 0.325 e. The molecular weight excluding hydrogens is 351 g/mol. The van der Waals surface area contributed by atoms with Gasteiger partial charge in [-0.1, -0.05) is 12.1 Å². The minimum atomic E-state index is -4.25. The summed E-state index contributed by atoms with van der Waals surface area (Å²) in [7, 11) is 1.85. The fourth-order valence-corrected chi connectivity index (χ4v) is 3.25. The van der Waals surface area contributed by atoms with Crippen LogP contribution in [0.4, 0.5) is 18.9 Å². The number of halogens is 3. The zero-order chi connectivity index (χ0) is 18.6. The maximum atomic E-state index is 12.4. The number of anilines is 1. The SMILES string of the molecule is Cc1nn(C)c(C)c1CCC(=O)Nc1ccccc1SCC(F)(F)F. The minimum absolute atomic E-state index is 0.234. The summed E-state index contributed by atoms with van der Waals surface area (Å²) in [6.45, 7) is 3.83. The first-order valence-corrected chi connectivity index (χ1v) is 8.73. The number of para-hydroxylation sites is 1. The Morgan fingerprint density at radius 2 is 1.96 bits per heavy atom. The zero-order valence-corrected chi connectivity index (χ0v) is 15.1. The monoisotopic (exact) mass is 371 g/mol. The van der Waals surface area contributed by atoms with E-state index >= 15 is 0 Å². The van der Waals surface area contributed by atoms with Crippen molar-refractivity contribution >= 4 is 23.4 Å². The van der Waals surface area contributed by atoms with Gasteiger partial charge in [-0.2, -0.15) is 18.3 Å². The first-order valence-electron chi connectivity index (χ1n) is 7.75. The molecule has 1 heterocycles. The number of benzene rings is 1. The van der Waals surface area contributed by atoms with Crippen molar-refractivity contribution in [3.63, 3.8) is 0 Å². The van der Waals surface area contributed by atoms with Crippen molar-refractivity contribution in [3.05, 3.63) is 41.2 Å². The molecule has 1 N–H and O–H groups in total. The van der Waals surface area contributed by atoms with Crippen molar-refractivity contribution in [3.8, 4) is 0 Å². The van der Waals surface area contributed by atoms with Crippen molar-refractivity contribution < 1.29 is 18.0 Å². The fourth-order valence-electron chi connectivity index (χ4n) is 2.49. The van der Waals surface area contributed by atoms with E-state index in [0.29, 0.717) is 28.8 Å². The number of carbonyl (C=O) groups is 1. The lowest BCUT2D eigenvalue weighted by atomic mass is 10.1. The number of hydrogen-bond donors (Lipinski definition) is 1. The van der Waals surface area contributed by atoms with E-state index in [9.17, 15) is 18.0 Å². The third kappa shape index (κ3) is 5.52. The maximum Gasteiger partial charge on any atom is 0.398 e. The van der Waals surface area contributed by atoms with Crippen LogP contribution < -0.4 is 5.32 Å². The second-order valence-electron chi connectivity index (χ2n) is 5.72. The van der Waals surface area contributed by atoms with E-state index < -0.39 is 11.9 Å². The molecule has 0 saturated heterocycles. The molecule has 0 unspecified atom stereocenters. The van der Waals surface area contributed by atoms with Crippen LogP contribution in [0, 0.1) is 13.8 Å². The van der Waals surface area contributed by atoms with Crippen molar-refractivity contribution in [1.82, 2.24) is 9.78 Å². The number of thioether (sulfide) groups is 1. The van der Waals surface area contributed by atoms with Gasteiger partial charge in [0.1, 0.15) is 0 Å². The van der Waals surface area contributed by atoms with Gasteiger partial charge < -0.3 is 5.32 Å². The average Bonchev–Trinajstić information content (AvgIpc) is 2.76. The summed E-state index contributed by atoms with van der Waals surface area (Å²) in [5.74, 6) is -1.23. The molecule has 2 aromatic rings. The van der Waals surface area contributed by atoms with E-state index in [1.165, 1.54) is 0 Å². The number of aryl methyl sites for hydroxylation is 2. The molecule has 0 aliphatic heterocycles. The molecule has 0 bridgehead atoms. The number of aromatic nitrogens is 2. The van der Waals surface area contributed by atoms with Gasteiger partial charge in [-0.15, -0.1) is 11.8 Å². The predicted molar refractivity (Wildman–Crippen MR) is 92.9 cm³/mol. The molecule has 25 heavy (non-hydrogen) atoms. The third-order valence-corrected chi connectivity index (χ3v) is 4.95. The molecule has 0 radical (unpaired) electrons. The van der Waals surface area contributed by atoms with E-state index in [-0.39, 0.29) is 12.3 Å². The van der Waals surface area contributed by atoms with Crippen LogP contribution in [0.5, 0.6) is 0 Å². The van der Waals surface area contributed by atoms with Gasteiger partial charge in [-0.3, -0.25) is 9.48 Å². The fraction of sp³-hybridized carbons (Fsp3) is 0.412. The number of hydrogen-bond acceptors (Lipinski definition) is 3. The minimum Gasteiger partial charge on any atom is -0.325 e. The van der Waals surface area contributed by atoms with E-state index in [4.69, 9.17) is 0 Å². The normalized spacial score (nSPS) is 11.6. The van der Waals surface area contributed by atoms with E-state index in [1.54, 1.807) is 28.9 Å². The average molecular weight is 371 g/mol. The first-order chi connectivity index (χ1) is 11.7. The van der Waals surface area contributed by atoms with Crippen molar-refractivity contribution in [1.29, 1.82) is 0 Å². The molecule has 0 aliphatic carbocycles. The number of amides is 1. The molecule has 0 fully saturated rings. The summed E-state index contributed by atoms with van der Waals surface area (Å²) in [5.41, 5.74) is 3.32. The summed E-state index contributed by atoms with van der Waals surface area (Å²) < 4.78 is 39.0. The maximum absolute atomic E-state index is 12.4. The van der Waals surface area contributed by atoms with Crippen molar-refractivity contribution in [2.45, 2.75) is 37.8 Å². The number of nitrogens with zero attached hydrogens (tertiary/aromatic N) is 2. The lowest BCUT2D eigenvalue weighted by Crippen LogP contribution is -2.14. The van der Waals surface area contributed by atoms with Crippen LogP contribution in [0.3, 0.4) is 0 Å². The Kier molecular flexibility index (Phi) is 6.16. The largest absolute Gasteiger partial charge is 0.398 e. The van der Waals surface area contributed by atoms with Gasteiger partial charge in [0.25, 0.3) is 0 Å². The van der Waals surface area contributed by atoms with Crippen LogP contribution in [-0.2, 0) is 18.3 Å². The molecular formula is C17H20F3N3OS. The molecule has 136 valence electrons. The molecule has 4 nitrogen and oxygen atoms in total. The lowest BCUT2D eigenvalue weighted by Gasteiger charge is -2.12. The summed E-state index contributed by atoms with van der Waals surface area (Å²) >= 11 is 0.666. The van der Waals surface area contributed by atoms with Crippen LogP contribution >= 0.6 is 11.8 Å². The van der Waals surface area contributed by atoms with Crippen molar-refractivity contribution in [2.24, 2.45) is 7.05 Å². The molecule has 2 rings (SSSR count). The third-order valence-electron chi connectivity index (χ3n) is 3.81. The highest BCUT2D eigenvalue weighted by Crippen LogP contribution is 2.32. The molecule has 0 saturated carbocycles.